The smallest absolute Gasteiger partial charge is 0.134 e. The van der Waals surface area contributed by atoms with E-state index in [1.807, 2.05) is 13.8 Å². The summed E-state index contributed by atoms with van der Waals surface area (Å²) in [5.41, 5.74) is 5.42. The van der Waals surface area contributed by atoms with Crippen molar-refractivity contribution in [3.8, 4) is 0 Å². The maximum absolute atomic E-state index is 10.5. The van der Waals surface area contributed by atoms with Crippen LogP contribution in [0.1, 0.15) is 20.8 Å². The molecule has 0 amide bonds. The Kier molecular flexibility index (Phi) is 2.69. The van der Waals surface area contributed by atoms with E-state index in [9.17, 15) is 4.79 Å². The average molecular weight is 115 g/mol. The molecule has 0 aromatic heterocycles. The first-order valence-electron chi connectivity index (χ1n) is 2.81. The van der Waals surface area contributed by atoms with Crippen LogP contribution < -0.4 is 5.73 Å². The zero-order chi connectivity index (χ0) is 6.73. The number of ketones is 1. The molecule has 0 aliphatic rings. The first-order chi connectivity index (χ1) is 3.55. The molecule has 0 bridgehead atoms. The SMILES string of the molecule is CC(=O)C(C)C(C)N. The summed E-state index contributed by atoms with van der Waals surface area (Å²) in [6.07, 6.45) is 0. The molecule has 0 saturated heterocycles. The van der Waals surface area contributed by atoms with Crippen molar-refractivity contribution in [2.75, 3.05) is 0 Å². The summed E-state index contributed by atoms with van der Waals surface area (Å²) in [7, 11) is 0. The highest BCUT2D eigenvalue weighted by atomic mass is 16.1. The Morgan fingerprint density at radius 2 is 1.88 bits per heavy atom. The Labute approximate surface area is 50.1 Å². The van der Waals surface area contributed by atoms with Gasteiger partial charge in [-0.3, -0.25) is 4.79 Å². The van der Waals surface area contributed by atoms with Crippen molar-refractivity contribution >= 4 is 5.78 Å². The summed E-state index contributed by atoms with van der Waals surface area (Å²) in [5, 5.41) is 0. The lowest BCUT2D eigenvalue weighted by molar-refractivity contribution is -0.120. The van der Waals surface area contributed by atoms with Crippen LogP contribution in [-0.2, 0) is 4.79 Å². The Balaban J connectivity index is 3.64. The number of nitrogens with two attached hydrogens (primary N) is 1. The molecule has 8 heavy (non-hydrogen) atoms. The second-order valence-electron chi connectivity index (χ2n) is 2.26. The van der Waals surface area contributed by atoms with Gasteiger partial charge in [0.05, 0.1) is 0 Å². The number of carbonyl (C=O) groups is 1. The molecule has 0 aromatic rings. The van der Waals surface area contributed by atoms with Crippen LogP contribution in [0.3, 0.4) is 0 Å². The Bertz CT molecular complexity index is 88.5. The maximum Gasteiger partial charge on any atom is 0.134 e. The first kappa shape index (κ1) is 7.63. The molecule has 0 spiro atoms. The van der Waals surface area contributed by atoms with E-state index >= 15 is 0 Å². The van der Waals surface area contributed by atoms with Gasteiger partial charge in [0.25, 0.3) is 0 Å². The largest absolute Gasteiger partial charge is 0.327 e. The lowest BCUT2D eigenvalue weighted by atomic mass is 10.0. The van der Waals surface area contributed by atoms with E-state index in [1.54, 1.807) is 6.92 Å². The monoisotopic (exact) mass is 115 g/mol. The minimum atomic E-state index is -0.00694. The molecule has 0 aliphatic heterocycles. The number of carbonyl (C=O) groups excluding carboxylic acids is 1. The van der Waals surface area contributed by atoms with Gasteiger partial charge in [0.2, 0.25) is 0 Å². The van der Waals surface area contributed by atoms with Gasteiger partial charge in [0.15, 0.2) is 0 Å². The Morgan fingerprint density at radius 3 is 1.88 bits per heavy atom. The number of Topliss-reactive ketones (excluding diaryl/α,β-unsaturated/α-hetero) is 1. The lowest BCUT2D eigenvalue weighted by Crippen LogP contribution is -2.28. The van der Waals surface area contributed by atoms with Crippen molar-refractivity contribution in [3.63, 3.8) is 0 Å². The Hall–Kier alpha value is -0.370. The predicted octanol–water partition coefficient (Wildman–Crippen LogP) is 0.559. The summed E-state index contributed by atoms with van der Waals surface area (Å²) in [5.74, 6) is 0.176. The highest BCUT2D eigenvalue weighted by Crippen LogP contribution is 1.99. The van der Waals surface area contributed by atoms with Crippen LogP contribution >= 0.6 is 0 Å². The van der Waals surface area contributed by atoms with Gasteiger partial charge in [-0.2, -0.15) is 0 Å². The molecule has 48 valence electrons. The fraction of sp³-hybridized carbons (Fsp3) is 0.833. The van der Waals surface area contributed by atoms with Crippen LogP contribution in [0.5, 0.6) is 0 Å². The molecule has 2 nitrogen and oxygen atoms in total. The summed E-state index contributed by atoms with van der Waals surface area (Å²) in [4.78, 5) is 10.5. The van der Waals surface area contributed by atoms with Crippen LogP contribution in [0.2, 0.25) is 0 Å². The minimum Gasteiger partial charge on any atom is -0.327 e. The molecular formula is C6H13NO. The van der Waals surface area contributed by atoms with E-state index in [-0.39, 0.29) is 17.7 Å². The third-order valence-electron chi connectivity index (χ3n) is 1.43. The van der Waals surface area contributed by atoms with Crippen molar-refractivity contribution in [2.24, 2.45) is 11.7 Å². The van der Waals surface area contributed by atoms with E-state index in [0.717, 1.165) is 0 Å². The normalized spacial score (nSPS) is 17.5. The zero-order valence-electron chi connectivity index (χ0n) is 5.64. The van der Waals surface area contributed by atoms with Crippen LogP contribution in [0, 0.1) is 5.92 Å². The molecule has 0 radical (unpaired) electrons. The predicted molar refractivity (Wildman–Crippen MR) is 33.5 cm³/mol. The summed E-state index contributed by atoms with van der Waals surface area (Å²) in [6, 6.07) is -0.00694. The average Bonchev–Trinajstić information content (AvgIpc) is 1.64. The van der Waals surface area contributed by atoms with Gasteiger partial charge in [-0.25, -0.2) is 0 Å². The van der Waals surface area contributed by atoms with Gasteiger partial charge in [0.1, 0.15) is 5.78 Å². The van der Waals surface area contributed by atoms with Crippen LogP contribution in [0.4, 0.5) is 0 Å². The topological polar surface area (TPSA) is 43.1 Å². The molecule has 0 aromatic carbocycles. The number of hydrogen-bond donors (Lipinski definition) is 1. The van der Waals surface area contributed by atoms with E-state index in [0.29, 0.717) is 0 Å². The van der Waals surface area contributed by atoms with Crippen LogP contribution in [-0.4, -0.2) is 11.8 Å². The van der Waals surface area contributed by atoms with E-state index < -0.39 is 0 Å². The molecule has 0 saturated carbocycles. The van der Waals surface area contributed by atoms with Crippen molar-refractivity contribution in [1.82, 2.24) is 0 Å². The Morgan fingerprint density at radius 1 is 1.50 bits per heavy atom. The molecule has 0 aliphatic carbocycles. The standard InChI is InChI=1S/C6H13NO/c1-4(5(2)7)6(3)8/h4-5H,7H2,1-3H3. The third-order valence-corrected chi connectivity index (χ3v) is 1.43. The fourth-order valence-electron chi connectivity index (χ4n) is 0.370. The fourth-order valence-corrected chi connectivity index (χ4v) is 0.370. The van der Waals surface area contributed by atoms with Crippen LogP contribution in [0.25, 0.3) is 0 Å². The zero-order valence-corrected chi connectivity index (χ0v) is 5.64. The van der Waals surface area contributed by atoms with Gasteiger partial charge in [0, 0.05) is 12.0 Å². The molecular weight excluding hydrogens is 102 g/mol. The summed E-state index contributed by atoms with van der Waals surface area (Å²) >= 11 is 0. The highest BCUT2D eigenvalue weighted by molar-refractivity contribution is 5.78. The molecule has 2 heteroatoms. The van der Waals surface area contributed by atoms with E-state index in [1.165, 1.54) is 0 Å². The van der Waals surface area contributed by atoms with Crippen LogP contribution in [0.15, 0.2) is 0 Å². The van der Waals surface area contributed by atoms with Gasteiger partial charge in [-0.05, 0) is 13.8 Å². The molecule has 2 N–H and O–H groups in total. The second kappa shape index (κ2) is 2.82. The molecule has 2 atom stereocenters. The minimum absolute atomic E-state index is 0.00694. The lowest BCUT2D eigenvalue weighted by Gasteiger charge is -2.09. The molecule has 0 fully saturated rings. The van der Waals surface area contributed by atoms with Crippen molar-refractivity contribution in [2.45, 2.75) is 26.8 Å². The first-order valence-corrected chi connectivity index (χ1v) is 2.81. The van der Waals surface area contributed by atoms with E-state index in [4.69, 9.17) is 5.73 Å². The quantitative estimate of drug-likeness (QED) is 0.571. The van der Waals surface area contributed by atoms with Gasteiger partial charge >= 0.3 is 0 Å². The van der Waals surface area contributed by atoms with E-state index in [2.05, 4.69) is 0 Å². The van der Waals surface area contributed by atoms with Crippen molar-refractivity contribution < 1.29 is 4.79 Å². The number of rotatable bonds is 2. The molecule has 2 unspecified atom stereocenters. The second-order valence-corrected chi connectivity index (χ2v) is 2.26. The third kappa shape index (κ3) is 2.07. The van der Waals surface area contributed by atoms with Gasteiger partial charge in [-0.15, -0.1) is 0 Å². The van der Waals surface area contributed by atoms with Gasteiger partial charge in [-0.1, -0.05) is 6.92 Å². The summed E-state index contributed by atoms with van der Waals surface area (Å²) < 4.78 is 0. The molecule has 0 rings (SSSR count). The maximum atomic E-state index is 10.5. The van der Waals surface area contributed by atoms with Gasteiger partial charge < -0.3 is 5.73 Å². The van der Waals surface area contributed by atoms with Crippen molar-refractivity contribution in [1.29, 1.82) is 0 Å². The highest BCUT2D eigenvalue weighted by Gasteiger charge is 2.10. The molecule has 0 heterocycles. The summed E-state index contributed by atoms with van der Waals surface area (Å²) in [6.45, 7) is 5.24. The van der Waals surface area contributed by atoms with Crippen molar-refractivity contribution in [3.05, 3.63) is 0 Å². The number of hydrogen-bond acceptors (Lipinski definition) is 2.